The highest BCUT2D eigenvalue weighted by Gasteiger charge is 2.65. The number of carbonyl (C=O) groups is 1. The molecular weight excluding hydrogens is 502 g/mol. The lowest BCUT2D eigenvalue weighted by atomic mass is 9.43. The van der Waals surface area contributed by atoms with Crippen LogP contribution in [0.4, 0.5) is 0 Å². The summed E-state index contributed by atoms with van der Waals surface area (Å²) >= 11 is 0. The van der Waals surface area contributed by atoms with Crippen LogP contribution in [0.15, 0.2) is 30.3 Å². The number of hydrogen-bond donors (Lipinski definition) is 3. The number of morpholine rings is 1. The third kappa shape index (κ3) is 4.75. The van der Waals surface area contributed by atoms with E-state index in [0.717, 1.165) is 56.9 Å². The monoisotopic (exact) mass is 553 g/mol. The van der Waals surface area contributed by atoms with E-state index in [9.17, 15) is 20.1 Å². The molecule has 3 N–H and O–H groups in total. The van der Waals surface area contributed by atoms with Crippen LogP contribution in [0.2, 0.25) is 0 Å². The van der Waals surface area contributed by atoms with Crippen LogP contribution >= 0.6 is 0 Å². The summed E-state index contributed by atoms with van der Waals surface area (Å²) in [6, 6.07) is 10.2. The summed E-state index contributed by atoms with van der Waals surface area (Å²) in [5, 5.41) is 33.7. The lowest BCUT2D eigenvalue weighted by Crippen LogP contribution is -2.62. The van der Waals surface area contributed by atoms with Crippen LogP contribution < -0.4 is 0 Å². The lowest BCUT2D eigenvalue weighted by molar-refractivity contribution is -0.207. The third-order valence-corrected chi connectivity index (χ3v) is 12.9. The zero-order valence-electron chi connectivity index (χ0n) is 24.8. The number of aliphatic hydroxyl groups is 3. The number of amides is 1. The van der Waals surface area contributed by atoms with E-state index in [-0.39, 0.29) is 47.1 Å². The van der Waals surface area contributed by atoms with Gasteiger partial charge in [0.1, 0.15) is 6.10 Å². The minimum atomic E-state index is -0.384. The number of rotatable bonds is 5. The molecule has 40 heavy (non-hydrogen) atoms. The normalized spacial score (nSPS) is 45.8. The molecule has 4 aliphatic carbocycles. The zero-order chi connectivity index (χ0) is 28.2. The number of hydrogen-bond acceptors (Lipinski definition) is 5. The number of ether oxygens (including phenoxy) is 1. The van der Waals surface area contributed by atoms with Gasteiger partial charge in [-0.1, -0.05) is 51.1 Å². The van der Waals surface area contributed by atoms with E-state index < -0.39 is 0 Å². The maximum absolute atomic E-state index is 13.3. The molecule has 6 rings (SSSR count). The Kier molecular flexibility index (Phi) is 7.86. The highest BCUT2D eigenvalue weighted by Crippen LogP contribution is 2.68. The fraction of sp³-hybridized carbons (Fsp3) is 0.794. The lowest BCUT2D eigenvalue weighted by Gasteiger charge is -2.63. The standard InChI is InChI=1S/C34H51NO5/c1-21(9-12-31(39)35-15-16-40-29(20-35)22-7-5-4-6-8-22)25-10-11-26-32-27(19-30(38)34(25,26)3)33(2)14-13-24(36)17-23(33)18-28(32)37/h4-8,21,23-30,32,36-38H,9-20H2,1-3H3/t21-,23+,24-,25-,26+,27+,28-,29?,30+,32+,33+,34-/m1/s1. The molecule has 4 saturated carbocycles. The Morgan fingerprint density at radius 3 is 2.60 bits per heavy atom. The summed E-state index contributed by atoms with van der Waals surface area (Å²) in [4.78, 5) is 15.3. The van der Waals surface area contributed by atoms with E-state index in [4.69, 9.17) is 4.74 Å². The zero-order valence-corrected chi connectivity index (χ0v) is 24.8. The molecule has 6 heteroatoms. The summed E-state index contributed by atoms with van der Waals surface area (Å²) in [5.74, 6) is 2.10. The van der Waals surface area contributed by atoms with Gasteiger partial charge in [0.25, 0.3) is 0 Å². The van der Waals surface area contributed by atoms with Gasteiger partial charge in [-0.05, 0) is 103 Å². The van der Waals surface area contributed by atoms with Crippen molar-refractivity contribution >= 4 is 5.91 Å². The highest BCUT2D eigenvalue weighted by molar-refractivity contribution is 5.76. The molecule has 1 saturated heterocycles. The summed E-state index contributed by atoms with van der Waals surface area (Å²) in [6.45, 7) is 8.80. The summed E-state index contributed by atoms with van der Waals surface area (Å²) in [5.41, 5.74) is 0.994. The second-order valence-electron chi connectivity index (χ2n) is 14.7. The molecular formula is C34H51NO5. The van der Waals surface area contributed by atoms with Crippen LogP contribution in [-0.4, -0.2) is 64.1 Å². The average molecular weight is 554 g/mol. The summed E-state index contributed by atoms with van der Waals surface area (Å²) in [6.07, 6.45) is 6.62. The van der Waals surface area contributed by atoms with E-state index >= 15 is 0 Å². The minimum absolute atomic E-state index is 0.0630. The van der Waals surface area contributed by atoms with E-state index in [0.29, 0.717) is 55.7 Å². The molecule has 1 heterocycles. The predicted molar refractivity (Wildman–Crippen MR) is 154 cm³/mol. The van der Waals surface area contributed by atoms with Crippen LogP contribution in [-0.2, 0) is 9.53 Å². The Bertz CT molecular complexity index is 1050. The minimum Gasteiger partial charge on any atom is -0.393 e. The fourth-order valence-electron chi connectivity index (χ4n) is 10.6. The Hall–Kier alpha value is -1.47. The van der Waals surface area contributed by atoms with Gasteiger partial charge < -0.3 is 25.0 Å². The average Bonchev–Trinajstić information content (AvgIpc) is 3.32. The van der Waals surface area contributed by atoms with Gasteiger partial charge in [-0.25, -0.2) is 0 Å². The van der Waals surface area contributed by atoms with Gasteiger partial charge in [0.05, 0.1) is 31.5 Å². The van der Waals surface area contributed by atoms with Gasteiger partial charge in [-0.15, -0.1) is 0 Å². The van der Waals surface area contributed by atoms with Crippen molar-refractivity contribution in [1.82, 2.24) is 4.90 Å². The maximum Gasteiger partial charge on any atom is 0.222 e. The van der Waals surface area contributed by atoms with E-state index in [1.807, 2.05) is 23.1 Å². The molecule has 5 aliphatic rings. The molecule has 1 aliphatic heterocycles. The van der Waals surface area contributed by atoms with Crippen molar-refractivity contribution < 1.29 is 24.9 Å². The highest BCUT2D eigenvalue weighted by atomic mass is 16.5. The molecule has 5 fully saturated rings. The Balaban J connectivity index is 1.11. The number of carbonyl (C=O) groups excluding carboxylic acids is 1. The number of aliphatic hydroxyl groups excluding tert-OH is 3. The molecule has 1 unspecified atom stereocenters. The van der Waals surface area contributed by atoms with Crippen molar-refractivity contribution in [3.05, 3.63) is 35.9 Å². The number of benzene rings is 1. The Labute approximate surface area is 240 Å². The quantitative estimate of drug-likeness (QED) is 0.479. The second-order valence-corrected chi connectivity index (χ2v) is 14.7. The first-order chi connectivity index (χ1) is 19.1. The summed E-state index contributed by atoms with van der Waals surface area (Å²) in [7, 11) is 0. The van der Waals surface area contributed by atoms with Crippen molar-refractivity contribution in [2.75, 3.05) is 19.7 Å². The SMILES string of the molecule is C[C@H](CCC(=O)N1CCOC(c2ccccc2)C1)[C@H]1CC[C@H]2[C@@H]3[C@H](O)C[C@@H]4C[C@H](O)CC[C@]4(C)[C@H]3C[C@H](O)[C@]12C. The molecule has 6 nitrogen and oxygen atoms in total. The maximum atomic E-state index is 13.3. The molecule has 222 valence electrons. The van der Waals surface area contributed by atoms with Crippen LogP contribution in [0.3, 0.4) is 0 Å². The molecule has 0 radical (unpaired) electrons. The number of nitrogens with zero attached hydrogens (tertiary/aromatic N) is 1. The molecule has 12 atom stereocenters. The smallest absolute Gasteiger partial charge is 0.222 e. The Morgan fingerprint density at radius 2 is 1.82 bits per heavy atom. The molecule has 0 aromatic heterocycles. The summed E-state index contributed by atoms with van der Waals surface area (Å²) < 4.78 is 5.98. The molecule has 0 bridgehead atoms. The van der Waals surface area contributed by atoms with E-state index in [1.54, 1.807) is 0 Å². The Morgan fingerprint density at radius 1 is 1.05 bits per heavy atom. The first-order valence-corrected chi connectivity index (χ1v) is 16.1. The van der Waals surface area contributed by atoms with Gasteiger partial charge in [0.15, 0.2) is 0 Å². The van der Waals surface area contributed by atoms with Crippen LogP contribution in [0, 0.1) is 46.3 Å². The molecule has 1 aromatic carbocycles. The van der Waals surface area contributed by atoms with Crippen LogP contribution in [0.5, 0.6) is 0 Å². The largest absolute Gasteiger partial charge is 0.393 e. The van der Waals surface area contributed by atoms with Gasteiger partial charge in [-0.3, -0.25) is 4.79 Å². The van der Waals surface area contributed by atoms with Gasteiger partial charge in [0.2, 0.25) is 5.91 Å². The number of fused-ring (bicyclic) bond motifs is 5. The van der Waals surface area contributed by atoms with Gasteiger partial charge in [-0.2, -0.15) is 0 Å². The van der Waals surface area contributed by atoms with Crippen LogP contribution in [0.25, 0.3) is 0 Å². The van der Waals surface area contributed by atoms with Crippen molar-refractivity contribution in [3.63, 3.8) is 0 Å². The van der Waals surface area contributed by atoms with E-state index in [2.05, 4.69) is 32.9 Å². The topological polar surface area (TPSA) is 90.2 Å². The van der Waals surface area contributed by atoms with Crippen molar-refractivity contribution in [3.8, 4) is 0 Å². The first-order valence-electron chi connectivity index (χ1n) is 16.1. The van der Waals surface area contributed by atoms with E-state index in [1.165, 1.54) is 0 Å². The third-order valence-electron chi connectivity index (χ3n) is 12.9. The molecule has 1 amide bonds. The second kappa shape index (κ2) is 11.0. The molecule has 1 aromatic rings. The fourth-order valence-corrected chi connectivity index (χ4v) is 10.6. The van der Waals surface area contributed by atoms with Crippen molar-refractivity contribution in [2.24, 2.45) is 46.3 Å². The van der Waals surface area contributed by atoms with Gasteiger partial charge in [0, 0.05) is 13.0 Å². The van der Waals surface area contributed by atoms with Crippen molar-refractivity contribution in [1.29, 1.82) is 0 Å². The predicted octanol–water partition coefficient (Wildman–Crippen LogP) is 4.96. The van der Waals surface area contributed by atoms with Gasteiger partial charge >= 0.3 is 0 Å². The first kappa shape index (κ1) is 28.6. The van der Waals surface area contributed by atoms with Crippen molar-refractivity contribution in [2.45, 2.75) is 103 Å². The van der Waals surface area contributed by atoms with Crippen LogP contribution in [0.1, 0.15) is 90.2 Å². The molecule has 0 spiro atoms.